The lowest BCUT2D eigenvalue weighted by Gasteiger charge is -2.24. The van der Waals surface area contributed by atoms with Crippen LogP contribution in [0.4, 0.5) is 0 Å². The van der Waals surface area contributed by atoms with E-state index >= 15 is 0 Å². The lowest BCUT2D eigenvalue weighted by atomic mass is 10.3. The fourth-order valence-corrected chi connectivity index (χ4v) is 4.12. The zero-order valence-corrected chi connectivity index (χ0v) is 15.2. The van der Waals surface area contributed by atoms with E-state index < -0.39 is 13.0 Å². The molecule has 0 aliphatic rings. The Bertz CT molecular complexity index is 298. The van der Waals surface area contributed by atoms with Crippen LogP contribution in [-0.2, 0) is 23.6 Å². The smallest absolute Gasteiger partial charge is 0.136 e. The van der Waals surface area contributed by atoms with E-state index in [1.54, 1.807) is 0 Å². The average molecular weight is 346 g/mol. The molecule has 6 nitrogen and oxygen atoms in total. The summed E-state index contributed by atoms with van der Waals surface area (Å²) in [4.78, 5) is 0. The average Bonchev–Trinajstić information content (AvgIpc) is 2.28. The molecule has 0 fully saturated rings. The molecule has 2 unspecified atom stereocenters. The molecule has 0 saturated carbocycles. The highest BCUT2D eigenvalue weighted by molar-refractivity contribution is 8.12. The quantitative estimate of drug-likeness (QED) is 0.179. The first-order valence-corrected chi connectivity index (χ1v) is 12.3. The van der Waals surface area contributed by atoms with Gasteiger partial charge in [0.2, 0.25) is 0 Å². The van der Waals surface area contributed by atoms with Gasteiger partial charge in [0.1, 0.15) is 13.0 Å². The van der Waals surface area contributed by atoms with E-state index in [9.17, 15) is 0 Å². The van der Waals surface area contributed by atoms with Crippen LogP contribution >= 0.6 is 13.0 Å². The SMILES string of the molecule is CCCCNP(N)(=S)NCNP(N)(=S)NCCCC. The Morgan fingerprint density at radius 2 is 1.16 bits per heavy atom. The minimum atomic E-state index is -2.18. The Balaban J connectivity index is 3.86. The van der Waals surface area contributed by atoms with Gasteiger partial charge in [-0.15, -0.1) is 0 Å². The molecule has 116 valence electrons. The van der Waals surface area contributed by atoms with Crippen molar-refractivity contribution in [2.75, 3.05) is 19.8 Å². The molecule has 19 heavy (non-hydrogen) atoms. The molecule has 0 amide bonds. The fraction of sp³-hybridized carbons (Fsp3) is 1.00. The summed E-state index contributed by atoms with van der Waals surface area (Å²) in [5, 5.41) is 12.5. The van der Waals surface area contributed by atoms with E-state index in [0.29, 0.717) is 6.67 Å². The van der Waals surface area contributed by atoms with E-state index in [2.05, 4.69) is 34.2 Å². The van der Waals surface area contributed by atoms with Crippen molar-refractivity contribution in [3.63, 3.8) is 0 Å². The fourth-order valence-electron chi connectivity index (χ4n) is 1.23. The summed E-state index contributed by atoms with van der Waals surface area (Å²) in [6, 6.07) is 0. The monoisotopic (exact) mass is 346 g/mol. The van der Waals surface area contributed by atoms with Gasteiger partial charge in [-0.2, -0.15) is 0 Å². The summed E-state index contributed by atoms with van der Waals surface area (Å²) in [7, 11) is 0. The van der Waals surface area contributed by atoms with Crippen molar-refractivity contribution in [3.05, 3.63) is 0 Å². The van der Waals surface area contributed by atoms with Crippen LogP contribution in [0.5, 0.6) is 0 Å². The highest BCUT2D eigenvalue weighted by Crippen LogP contribution is 2.27. The summed E-state index contributed by atoms with van der Waals surface area (Å²) >= 11 is 10.6. The molecule has 0 bridgehead atoms. The van der Waals surface area contributed by atoms with Crippen molar-refractivity contribution in [1.82, 2.24) is 20.3 Å². The van der Waals surface area contributed by atoms with E-state index in [-0.39, 0.29) is 0 Å². The Labute approximate surface area is 127 Å². The van der Waals surface area contributed by atoms with Crippen LogP contribution in [0.1, 0.15) is 39.5 Å². The number of unbranched alkanes of at least 4 members (excludes halogenated alkanes) is 2. The molecule has 2 atom stereocenters. The molecular weight excluding hydrogens is 318 g/mol. The van der Waals surface area contributed by atoms with Crippen molar-refractivity contribution >= 4 is 36.6 Å². The van der Waals surface area contributed by atoms with Crippen LogP contribution in [-0.4, -0.2) is 19.8 Å². The van der Waals surface area contributed by atoms with Crippen molar-refractivity contribution < 1.29 is 0 Å². The predicted molar refractivity (Wildman–Crippen MR) is 93.9 cm³/mol. The van der Waals surface area contributed by atoms with Gasteiger partial charge < -0.3 is 0 Å². The van der Waals surface area contributed by atoms with Crippen molar-refractivity contribution in [3.8, 4) is 0 Å². The first kappa shape index (κ1) is 20.1. The Hall–Kier alpha value is 1.06. The summed E-state index contributed by atoms with van der Waals surface area (Å²) in [5.41, 5.74) is 12.0. The minimum absolute atomic E-state index is 0.430. The van der Waals surface area contributed by atoms with Gasteiger partial charge in [0.05, 0.1) is 6.67 Å². The minimum Gasteiger partial charge on any atom is -0.279 e. The van der Waals surface area contributed by atoms with E-state index in [4.69, 9.17) is 34.6 Å². The zero-order valence-electron chi connectivity index (χ0n) is 11.8. The van der Waals surface area contributed by atoms with Crippen LogP contribution in [0.2, 0.25) is 0 Å². The Kier molecular flexibility index (Phi) is 11.3. The maximum Gasteiger partial charge on any atom is 0.136 e. The molecule has 0 aromatic heterocycles. The highest BCUT2D eigenvalue weighted by atomic mass is 32.5. The standard InChI is InChI=1S/C9H28N6P2S2/c1-3-5-7-12-16(10,18)14-9-15-17(11,19)13-8-6-4-2/h3-9H2,1-2H3,(H4,10,12,14,18)(H4,11,13,15,19). The molecule has 0 rings (SSSR count). The van der Waals surface area contributed by atoms with Gasteiger partial charge in [-0.25, -0.2) is 0 Å². The van der Waals surface area contributed by atoms with Gasteiger partial charge in [0, 0.05) is 13.1 Å². The molecule has 0 aliphatic carbocycles. The zero-order chi connectivity index (χ0) is 14.8. The summed E-state index contributed by atoms with van der Waals surface area (Å²) in [5.74, 6) is 0. The molecule has 0 spiro atoms. The third-order valence-corrected chi connectivity index (χ3v) is 6.57. The summed E-state index contributed by atoms with van der Waals surface area (Å²) in [6.45, 7) is 2.00. The normalized spacial score (nSPS) is 17.9. The second-order valence-corrected chi connectivity index (χ2v) is 11.7. The van der Waals surface area contributed by atoms with E-state index in [1.807, 2.05) is 0 Å². The topological polar surface area (TPSA) is 100 Å². The first-order chi connectivity index (χ1) is 8.83. The van der Waals surface area contributed by atoms with Crippen LogP contribution < -0.4 is 31.4 Å². The van der Waals surface area contributed by atoms with Crippen molar-refractivity contribution in [1.29, 1.82) is 0 Å². The van der Waals surface area contributed by atoms with Crippen LogP contribution in [0, 0.1) is 0 Å². The van der Waals surface area contributed by atoms with Crippen LogP contribution in [0.3, 0.4) is 0 Å². The number of hydrogen-bond acceptors (Lipinski definition) is 2. The summed E-state index contributed by atoms with van der Waals surface area (Å²) in [6.07, 6.45) is 4.37. The number of rotatable bonds is 12. The van der Waals surface area contributed by atoms with Crippen LogP contribution in [0.15, 0.2) is 0 Å². The molecular formula is C9H28N6P2S2. The lowest BCUT2D eigenvalue weighted by molar-refractivity contribution is 0.749. The highest BCUT2D eigenvalue weighted by Gasteiger charge is 2.12. The second kappa shape index (κ2) is 10.7. The lowest BCUT2D eigenvalue weighted by Crippen LogP contribution is -2.37. The molecule has 0 aliphatic heterocycles. The first-order valence-electron chi connectivity index (χ1n) is 6.60. The largest absolute Gasteiger partial charge is 0.279 e. The second-order valence-electron chi connectivity index (χ2n) is 4.33. The Morgan fingerprint density at radius 3 is 1.47 bits per heavy atom. The number of hydrogen-bond donors (Lipinski definition) is 6. The number of nitrogens with one attached hydrogen (secondary N) is 4. The number of nitrogens with two attached hydrogens (primary N) is 2. The van der Waals surface area contributed by atoms with Crippen molar-refractivity contribution in [2.45, 2.75) is 39.5 Å². The van der Waals surface area contributed by atoms with Gasteiger partial charge in [0.25, 0.3) is 0 Å². The van der Waals surface area contributed by atoms with Crippen LogP contribution in [0.25, 0.3) is 0 Å². The van der Waals surface area contributed by atoms with Gasteiger partial charge in [-0.3, -0.25) is 31.4 Å². The third kappa shape index (κ3) is 12.5. The molecule has 0 saturated heterocycles. The Morgan fingerprint density at radius 1 is 0.789 bits per heavy atom. The van der Waals surface area contributed by atoms with E-state index in [1.165, 1.54) is 0 Å². The predicted octanol–water partition coefficient (Wildman–Crippen LogP) is 1.27. The maximum atomic E-state index is 5.99. The summed E-state index contributed by atoms with van der Waals surface area (Å²) < 4.78 is 0. The van der Waals surface area contributed by atoms with Gasteiger partial charge in [-0.05, 0) is 36.5 Å². The molecule has 0 aromatic carbocycles. The third-order valence-electron chi connectivity index (χ3n) is 2.38. The van der Waals surface area contributed by atoms with Gasteiger partial charge in [0.15, 0.2) is 0 Å². The molecule has 8 N–H and O–H groups in total. The van der Waals surface area contributed by atoms with Crippen molar-refractivity contribution in [2.24, 2.45) is 11.0 Å². The molecule has 0 heterocycles. The van der Waals surface area contributed by atoms with E-state index in [0.717, 1.165) is 38.8 Å². The molecule has 0 radical (unpaired) electrons. The molecule has 0 aromatic rings. The van der Waals surface area contributed by atoms with Gasteiger partial charge >= 0.3 is 0 Å². The molecule has 10 heteroatoms. The van der Waals surface area contributed by atoms with Gasteiger partial charge in [-0.1, -0.05) is 26.7 Å². The maximum absolute atomic E-state index is 5.99.